The van der Waals surface area contributed by atoms with Crippen molar-refractivity contribution in [3.8, 4) is 5.75 Å². The molecule has 2 rings (SSSR count). The van der Waals surface area contributed by atoms with Gasteiger partial charge >= 0.3 is 5.97 Å². The highest BCUT2D eigenvalue weighted by molar-refractivity contribution is 5.83. The zero-order valence-corrected chi connectivity index (χ0v) is 11.5. The highest BCUT2D eigenvalue weighted by Crippen LogP contribution is 2.21. The second-order valence-electron chi connectivity index (χ2n) is 4.33. The van der Waals surface area contributed by atoms with Crippen LogP contribution in [0.3, 0.4) is 0 Å². The minimum absolute atomic E-state index is 0.367. The number of ether oxygens (including phenoxy) is 1. The monoisotopic (exact) mass is 282 g/mol. The summed E-state index contributed by atoms with van der Waals surface area (Å²) in [6, 6.07) is 13.4. The molecule has 0 atom stereocenters. The fourth-order valence-corrected chi connectivity index (χ4v) is 1.57. The van der Waals surface area contributed by atoms with Crippen LogP contribution >= 0.6 is 0 Å². The second-order valence-corrected chi connectivity index (χ2v) is 4.33. The van der Waals surface area contributed by atoms with Gasteiger partial charge in [0.1, 0.15) is 11.4 Å². The highest BCUT2D eigenvalue weighted by atomic mass is 16.5. The number of nitrogens with zero attached hydrogens (tertiary/aromatic N) is 2. The van der Waals surface area contributed by atoms with Gasteiger partial charge in [0.2, 0.25) is 5.69 Å². The average molecular weight is 282 g/mol. The lowest BCUT2D eigenvalue weighted by Gasteiger charge is -2.02. The lowest BCUT2D eigenvalue weighted by atomic mass is 10.2. The van der Waals surface area contributed by atoms with Crippen LogP contribution < -0.4 is 4.74 Å². The fourth-order valence-electron chi connectivity index (χ4n) is 1.57. The van der Waals surface area contributed by atoms with E-state index in [1.54, 1.807) is 36.4 Å². The molecule has 5 heteroatoms. The fraction of sp³-hybridized carbons (Fsp3) is 0.0625. The van der Waals surface area contributed by atoms with Crippen molar-refractivity contribution in [1.82, 2.24) is 0 Å². The van der Waals surface area contributed by atoms with Gasteiger partial charge in [0.05, 0.1) is 0 Å². The molecular formula is C16H14N2O3. The molecule has 0 aliphatic carbocycles. The molecule has 0 radical (unpaired) electrons. The van der Waals surface area contributed by atoms with Gasteiger partial charge in [-0.05, 0) is 31.2 Å². The summed E-state index contributed by atoms with van der Waals surface area (Å²) in [6.45, 7) is 5.26. The number of azo groups is 1. The van der Waals surface area contributed by atoms with E-state index in [1.807, 2.05) is 19.1 Å². The highest BCUT2D eigenvalue weighted by Gasteiger charge is 2.04. The van der Waals surface area contributed by atoms with Crippen LogP contribution in [-0.4, -0.2) is 10.8 Å². The summed E-state index contributed by atoms with van der Waals surface area (Å²) in [5.41, 5.74) is 1.98. The number of hydrogen-bond donors (Lipinski definition) is 0. The van der Waals surface area contributed by atoms with E-state index in [4.69, 9.17) is 4.74 Å². The Morgan fingerprint density at radius 1 is 1.19 bits per heavy atom. The molecule has 0 fully saturated rings. The van der Waals surface area contributed by atoms with Crippen LogP contribution in [0.15, 0.2) is 66.3 Å². The third kappa shape index (κ3) is 4.01. The Morgan fingerprint density at radius 2 is 1.81 bits per heavy atom. The minimum Gasteiger partial charge on any atom is -0.594 e. The van der Waals surface area contributed by atoms with Gasteiger partial charge in [-0.2, -0.15) is 0 Å². The van der Waals surface area contributed by atoms with Gasteiger partial charge in [-0.1, -0.05) is 29.1 Å². The first-order valence-electron chi connectivity index (χ1n) is 6.28. The van der Waals surface area contributed by atoms with E-state index >= 15 is 0 Å². The predicted octanol–water partition coefficient (Wildman–Crippen LogP) is 4.01. The molecule has 0 saturated carbocycles. The first-order valence-corrected chi connectivity index (χ1v) is 6.28. The topological polar surface area (TPSA) is 64.7 Å². The number of carbonyl (C=O) groups is 1. The van der Waals surface area contributed by atoms with E-state index in [0.717, 1.165) is 11.6 Å². The zero-order valence-electron chi connectivity index (χ0n) is 11.5. The van der Waals surface area contributed by atoms with E-state index in [0.29, 0.717) is 22.0 Å². The van der Waals surface area contributed by atoms with Crippen LogP contribution in [-0.2, 0) is 4.79 Å². The van der Waals surface area contributed by atoms with Gasteiger partial charge in [-0.25, -0.2) is 4.79 Å². The lowest BCUT2D eigenvalue weighted by molar-refractivity contribution is -0.435. The van der Waals surface area contributed by atoms with E-state index in [2.05, 4.69) is 11.7 Å². The van der Waals surface area contributed by atoms with Gasteiger partial charge in [-0.3, -0.25) is 0 Å². The molecule has 106 valence electrons. The molecule has 5 nitrogen and oxygen atoms in total. The molecule has 0 bridgehead atoms. The van der Waals surface area contributed by atoms with Crippen molar-refractivity contribution in [2.45, 2.75) is 6.92 Å². The molecule has 2 aromatic rings. The molecule has 0 spiro atoms. The second kappa shape index (κ2) is 6.47. The summed E-state index contributed by atoms with van der Waals surface area (Å²) < 4.78 is 4.93. The summed E-state index contributed by atoms with van der Waals surface area (Å²) in [6.07, 6.45) is 1.08. The first kappa shape index (κ1) is 14.5. The van der Waals surface area contributed by atoms with Crippen LogP contribution in [0.25, 0.3) is 0 Å². The molecule has 0 amide bonds. The number of rotatable bonds is 4. The normalized spacial score (nSPS) is 11.0. The first-order chi connectivity index (χ1) is 10.1. The predicted molar refractivity (Wildman–Crippen MR) is 78.8 cm³/mol. The third-order valence-electron chi connectivity index (χ3n) is 2.68. The van der Waals surface area contributed by atoms with E-state index in [9.17, 15) is 10.0 Å². The number of hydrogen-bond acceptors (Lipinski definition) is 4. The molecule has 0 unspecified atom stereocenters. The van der Waals surface area contributed by atoms with Crippen molar-refractivity contribution < 1.29 is 14.4 Å². The van der Waals surface area contributed by atoms with Crippen molar-refractivity contribution in [3.63, 3.8) is 0 Å². The number of aryl methyl sites for hydroxylation is 1. The molecule has 0 heterocycles. The van der Waals surface area contributed by atoms with E-state index < -0.39 is 5.97 Å². The Hall–Kier alpha value is -2.95. The van der Waals surface area contributed by atoms with Gasteiger partial charge < -0.3 is 9.94 Å². The molecule has 21 heavy (non-hydrogen) atoms. The van der Waals surface area contributed by atoms with Crippen molar-refractivity contribution in [2.75, 3.05) is 0 Å². The average Bonchev–Trinajstić information content (AvgIpc) is 2.49. The summed E-state index contributed by atoms with van der Waals surface area (Å²) in [5, 5.41) is 15.8. The molecule has 0 saturated heterocycles. The number of benzene rings is 2. The molecule has 0 aliphatic rings. The van der Waals surface area contributed by atoms with Crippen molar-refractivity contribution in [1.29, 1.82) is 0 Å². The van der Waals surface area contributed by atoms with Gasteiger partial charge in [-0.15, -0.1) is 0 Å². The Labute approximate surface area is 122 Å². The van der Waals surface area contributed by atoms with E-state index in [-0.39, 0.29) is 0 Å². The van der Waals surface area contributed by atoms with Crippen LogP contribution in [0.5, 0.6) is 5.75 Å². The zero-order chi connectivity index (χ0) is 15.2. The molecule has 0 aromatic heterocycles. The van der Waals surface area contributed by atoms with Crippen LogP contribution in [0.4, 0.5) is 11.4 Å². The maximum atomic E-state index is 11.9. The number of carbonyl (C=O) groups excluding carboxylic acids is 1. The lowest BCUT2D eigenvalue weighted by Crippen LogP contribution is -2.02. The summed E-state index contributed by atoms with van der Waals surface area (Å²) in [5.74, 6) is -0.170. The van der Waals surface area contributed by atoms with Crippen LogP contribution in [0.2, 0.25) is 0 Å². The maximum Gasteiger partial charge on any atom is 0.335 e. The Morgan fingerprint density at radius 3 is 2.38 bits per heavy atom. The van der Waals surface area contributed by atoms with Crippen molar-refractivity contribution in [3.05, 3.63) is 72.0 Å². The maximum absolute atomic E-state index is 11.9. The van der Waals surface area contributed by atoms with Crippen molar-refractivity contribution >= 4 is 17.3 Å². The van der Waals surface area contributed by atoms with E-state index in [1.165, 1.54) is 0 Å². The molecule has 2 aromatic carbocycles. The standard InChI is InChI=1S/C16H14N2O3/c1-3-16(19)21-15-10-6-13(7-11-15)17-18(20)14-8-4-12(2)5-9-14/h3-11H,1H2,2H3. The Kier molecular flexibility index (Phi) is 4.46. The number of esters is 1. The van der Waals surface area contributed by atoms with Gasteiger partial charge in [0, 0.05) is 23.3 Å². The third-order valence-corrected chi connectivity index (χ3v) is 2.68. The summed E-state index contributed by atoms with van der Waals surface area (Å²) >= 11 is 0. The smallest absolute Gasteiger partial charge is 0.335 e. The largest absolute Gasteiger partial charge is 0.594 e. The van der Waals surface area contributed by atoms with Gasteiger partial charge in [0.15, 0.2) is 0 Å². The van der Waals surface area contributed by atoms with Crippen molar-refractivity contribution in [2.24, 2.45) is 5.11 Å². The Balaban J connectivity index is 2.15. The summed E-state index contributed by atoms with van der Waals surface area (Å²) in [4.78, 5) is 11.6. The molecular weight excluding hydrogens is 268 g/mol. The quantitative estimate of drug-likeness (QED) is 0.212. The van der Waals surface area contributed by atoms with Crippen LogP contribution in [0, 0.1) is 12.1 Å². The molecule has 0 aliphatic heterocycles. The SMILES string of the molecule is C=CC(=O)Oc1ccc(N=[N+]([O-])c2ccc(C)cc2)cc1. The molecule has 0 N–H and O–H groups in total. The van der Waals surface area contributed by atoms with Gasteiger partial charge in [0.25, 0.3) is 0 Å². The summed E-state index contributed by atoms with van der Waals surface area (Å²) in [7, 11) is 0. The van der Waals surface area contributed by atoms with Crippen LogP contribution in [0.1, 0.15) is 5.56 Å². The minimum atomic E-state index is -0.537. The Bertz CT molecular complexity index is 674.